The van der Waals surface area contributed by atoms with Gasteiger partial charge < -0.3 is 15.8 Å². The number of hydrogen-bond acceptors (Lipinski definition) is 4. The molecule has 1 aliphatic carbocycles. The van der Waals surface area contributed by atoms with E-state index < -0.39 is 11.4 Å². The lowest BCUT2D eigenvalue weighted by Crippen LogP contribution is -2.53. The van der Waals surface area contributed by atoms with Crippen LogP contribution in [0.2, 0.25) is 0 Å². The first-order valence-electron chi connectivity index (χ1n) is 7.77. The Hall–Kier alpha value is -1.95. The summed E-state index contributed by atoms with van der Waals surface area (Å²) < 4.78 is 18.4. The molecule has 1 saturated carbocycles. The fraction of sp³-hybridized carbons (Fsp3) is 0.529. The number of hydrogen-bond donors (Lipinski definition) is 2. The average molecular weight is 322 g/mol. The Bertz CT molecular complexity index is 602. The summed E-state index contributed by atoms with van der Waals surface area (Å²) in [4.78, 5) is 24.1. The van der Waals surface area contributed by atoms with Gasteiger partial charge in [-0.3, -0.25) is 9.59 Å². The summed E-state index contributed by atoms with van der Waals surface area (Å²) in [5, 5.41) is 2.93. The van der Waals surface area contributed by atoms with Crippen LogP contribution >= 0.6 is 0 Å². The van der Waals surface area contributed by atoms with E-state index in [0.717, 1.165) is 18.9 Å². The van der Waals surface area contributed by atoms with Crippen LogP contribution in [-0.4, -0.2) is 30.9 Å². The van der Waals surface area contributed by atoms with Crippen LogP contribution in [-0.2, 0) is 4.79 Å². The second-order valence-electron chi connectivity index (χ2n) is 6.22. The zero-order chi connectivity index (χ0) is 17.0. The van der Waals surface area contributed by atoms with Crippen molar-refractivity contribution in [2.24, 2.45) is 11.7 Å². The van der Waals surface area contributed by atoms with Crippen molar-refractivity contribution in [1.29, 1.82) is 0 Å². The number of carbonyl (C=O) groups excluding carboxylic acids is 2. The van der Waals surface area contributed by atoms with Crippen LogP contribution in [0.25, 0.3) is 0 Å². The van der Waals surface area contributed by atoms with Gasteiger partial charge in [-0.2, -0.15) is 0 Å². The summed E-state index contributed by atoms with van der Waals surface area (Å²) in [6.07, 6.45) is 2.23. The minimum absolute atomic E-state index is 0.0307. The molecule has 0 aliphatic heterocycles. The number of ketones is 1. The lowest BCUT2D eigenvalue weighted by molar-refractivity contribution is -0.123. The van der Waals surface area contributed by atoms with E-state index in [0.29, 0.717) is 12.5 Å². The Morgan fingerprint density at radius 1 is 1.39 bits per heavy atom. The maximum absolute atomic E-state index is 13.6. The number of carbonyl (C=O) groups is 2. The summed E-state index contributed by atoms with van der Waals surface area (Å²) in [5.41, 5.74) is 5.59. The molecule has 6 heteroatoms. The van der Waals surface area contributed by atoms with Crippen molar-refractivity contribution in [3.05, 3.63) is 29.6 Å². The number of ether oxygens (including phenoxy) is 1. The van der Waals surface area contributed by atoms with Gasteiger partial charge in [-0.15, -0.1) is 0 Å². The van der Waals surface area contributed by atoms with E-state index in [-0.39, 0.29) is 35.8 Å². The van der Waals surface area contributed by atoms with E-state index in [1.807, 2.05) is 6.92 Å². The van der Waals surface area contributed by atoms with Gasteiger partial charge in [0, 0.05) is 24.9 Å². The van der Waals surface area contributed by atoms with Crippen LogP contribution in [0.3, 0.4) is 0 Å². The number of nitrogens with two attached hydrogens (primary N) is 1. The third-order valence-corrected chi connectivity index (χ3v) is 4.38. The molecule has 0 heterocycles. The number of rotatable bonds is 8. The molecular weight excluding hydrogens is 299 g/mol. The monoisotopic (exact) mass is 322 g/mol. The van der Waals surface area contributed by atoms with E-state index in [2.05, 4.69) is 5.32 Å². The van der Waals surface area contributed by atoms with Gasteiger partial charge in [0.05, 0.1) is 12.6 Å². The van der Waals surface area contributed by atoms with Crippen molar-refractivity contribution in [3.63, 3.8) is 0 Å². The topological polar surface area (TPSA) is 81.4 Å². The van der Waals surface area contributed by atoms with E-state index in [9.17, 15) is 14.0 Å². The molecule has 126 valence electrons. The zero-order valence-corrected chi connectivity index (χ0v) is 13.5. The molecule has 1 aliphatic rings. The Morgan fingerprint density at radius 2 is 2.09 bits per heavy atom. The van der Waals surface area contributed by atoms with Gasteiger partial charge in [-0.25, -0.2) is 4.39 Å². The minimum Gasteiger partial charge on any atom is -0.494 e. The summed E-state index contributed by atoms with van der Waals surface area (Å²) >= 11 is 0. The molecule has 0 bridgehead atoms. The molecule has 1 unspecified atom stereocenters. The van der Waals surface area contributed by atoms with Gasteiger partial charge in [-0.1, -0.05) is 0 Å². The van der Waals surface area contributed by atoms with Crippen LogP contribution in [0.4, 0.5) is 4.39 Å². The predicted octanol–water partition coefficient (Wildman–Crippen LogP) is 2.04. The van der Waals surface area contributed by atoms with Crippen LogP contribution in [0.15, 0.2) is 18.2 Å². The summed E-state index contributed by atoms with van der Waals surface area (Å²) in [5.74, 6) is -0.563. The quantitative estimate of drug-likeness (QED) is 0.718. The summed E-state index contributed by atoms with van der Waals surface area (Å²) in [6, 6.07) is 4.03. The molecule has 2 rings (SSSR count). The number of halogens is 1. The Labute approximate surface area is 135 Å². The van der Waals surface area contributed by atoms with Gasteiger partial charge >= 0.3 is 0 Å². The maximum atomic E-state index is 13.6. The molecular formula is C17H23FN2O3. The average Bonchev–Trinajstić information content (AvgIpc) is 3.37. The Morgan fingerprint density at radius 3 is 2.61 bits per heavy atom. The van der Waals surface area contributed by atoms with Gasteiger partial charge in [0.15, 0.2) is 17.3 Å². The third-order valence-electron chi connectivity index (χ3n) is 4.38. The standard InChI is InChI=1S/C17H23FN2O3/c1-17(10-19,12-4-5-12)20-16(22)8-6-14(21)11-3-7-15(23-2)13(18)9-11/h3,7,9,12H,4-6,8,10,19H2,1-2H3,(H,20,22). The molecule has 5 nitrogen and oxygen atoms in total. The highest BCUT2D eigenvalue weighted by atomic mass is 19.1. The molecule has 1 amide bonds. The van der Waals surface area contributed by atoms with Crippen molar-refractivity contribution in [3.8, 4) is 5.75 Å². The Kier molecular flexibility index (Phi) is 5.36. The van der Waals surface area contributed by atoms with Gasteiger partial charge in [-0.05, 0) is 43.9 Å². The van der Waals surface area contributed by atoms with Crippen LogP contribution in [0.1, 0.15) is 43.0 Å². The lowest BCUT2D eigenvalue weighted by Gasteiger charge is -2.29. The second kappa shape index (κ2) is 7.08. The lowest BCUT2D eigenvalue weighted by atomic mass is 9.95. The number of Topliss-reactive ketones (excluding diaryl/α,β-unsaturated/α-hetero) is 1. The third kappa shape index (κ3) is 4.28. The van der Waals surface area contributed by atoms with Gasteiger partial charge in [0.2, 0.25) is 5.91 Å². The largest absolute Gasteiger partial charge is 0.494 e. The number of benzene rings is 1. The molecule has 0 spiro atoms. The van der Waals surface area contributed by atoms with E-state index >= 15 is 0 Å². The summed E-state index contributed by atoms with van der Waals surface area (Å²) in [7, 11) is 1.36. The van der Waals surface area contributed by atoms with E-state index in [4.69, 9.17) is 10.5 Å². The first-order chi connectivity index (χ1) is 10.9. The summed E-state index contributed by atoms with van der Waals surface area (Å²) in [6.45, 7) is 2.31. The number of nitrogens with one attached hydrogen (secondary N) is 1. The van der Waals surface area contributed by atoms with Crippen molar-refractivity contribution < 1.29 is 18.7 Å². The molecule has 0 saturated heterocycles. The van der Waals surface area contributed by atoms with Crippen molar-refractivity contribution >= 4 is 11.7 Å². The van der Waals surface area contributed by atoms with Gasteiger partial charge in [0.1, 0.15) is 0 Å². The highest BCUT2D eigenvalue weighted by Crippen LogP contribution is 2.39. The molecule has 3 N–H and O–H groups in total. The fourth-order valence-electron chi connectivity index (χ4n) is 2.63. The van der Waals surface area contributed by atoms with Crippen molar-refractivity contribution in [2.45, 2.75) is 38.1 Å². The maximum Gasteiger partial charge on any atom is 0.220 e. The molecule has 1 aromatic carbocycles. The molecule has 1 atom stereocenters. The first kappa shape index (κ1) is 17.4. The molecule has 0 aromatic heterocycles. The molecule has 23 heavy (non-hydrogen) atoms. The second-order valence-corrected chi connectivity index (χ2v) is 6.22. The van der Waals surface area contributed by atoms with Crippen LogP contribution in [0, 0.1) is 11.7 Å². The predicted molar refractivity (Wildman–Crippen MR) is 84.8 cm³/mol. The van der Waals surface area contributed by atoms with Crippen molar-refractivity contribution in [1.82, 2.24) is 5.32 Å². The molecule has 1 aromatic rings. The SMILES string of the molecule is COc1ccc(C(=O)CCC(=O)NC(C)(CN)C2CC2)cc1F. The highest BCUT2D eigenvalue weighted by molar-refractivity contribution is 5.98. The minimum atomic E-state index is -0.591. The normalized spacial score (nSPS) is 16.5. The highest BCUT2D eigenvalue weighted by Gasteiger charge is 2.41. The van der Waals surface area contributed by atoms with E-state index in [1.54, 1.807) is 0 Å². The Balaban J connectivity index is 1.88. The number of amides is 1. The molecule has 1 fully saturated rings. The van der Waals surface area contributed by atoms with Gasteiger partial charge in [0.25, 0.3) is 0 Å². The number of methoxy groups -OCH3 is 1. The fourth-order valence-corrected chi connectivity index (χ4v) is 2.63. The van der Waals surface area contributed by atoms with Crippen molar-refractivity contribution in [2.75, 3.05) is 13.7 Å². The van der Waals surface area contributed by atoms with Crippen LogP contribution < -0.4 is 15.8 Å². The van der Waals surface area contributed by atoms with Crippen LogP contribution in [0.5, 0.6) is 5.75 Å². The smallest absolute Gasteiger partial charge is 0.220 e. The first-order valence-corrected chi connectivity index (χ1v) is 7.77. The van der Waals surface area contributed by atoms with E-state index in [1.165, 1.54) is 19.2 Å². The molecule has 0 radical (unpaired) electrons. The zero-order valence-electron chi connectivity index (χ0n) is 13.5.